The molecule has 2 aromatic carbocycles. The summed E-state index contributed by atoms with van der Waals surface area (Å²) in [5, 5.41) is 0.444. The van der Waals surface area contributed by atoms with Crippen LogP contribution in [0.5, 0.6) is 11.5 Å². The third kappa shape index (κ3) is 4.29. The van der Waals surface area contributed by atoms with Gasteiger partial charge >= 0.3 is 0 Å². The molecule has 9 heteroatoms. The van der Waals surface area contributed by atoms with Crippen molar-refractivity contribution in [3.63, 3.8) is 0 Å². The first-order chi connectivity index (χ1) is 17.7. The van der Waals surface area contributed by atoms with Crippen molar-refractivity contribution in [1.82, 2.24) is 14.7 Å². The number of pyridine rings is 2. The van der Waals surface area contributed by atoms with E-state index in [0.717, 1.165) is 16.8 Å². The molecule has 37 heavy (non-hydrogen) atoms. The van der Waals surface area contributed by atoms with Crippen molar-refractivity contribution in [3.05, 3.63) is 89.4 Å². The summed E-state index contributed by atoms with van der Waals surface area (Å²) in [4.78, 5) is 22.7. The van der Waals surface area contributed by atoms with Gasteiger partial charge in [-0.15, -0.1) is 0 Å². The summed E-state index contributed by atoms with van der Waals surface area (Å²) in [6.45, 7) is 3.75. The molecule has 0 aliphatic heterocycles. The van der Waals surface area contributed by atoms with Crippen molar-refractivity contribution in [2.45, 2.75) is 36.5 Å². The Bertz CT molecular complexity index is 1640. The molecule has 8 nitrogen and oxygen atoms in total. The molecule has 2 aromatic heterocycles. The van der Waals surface area contributed by atoms with Gasteiger partial charge in [-0.05, 0) is 62.2 Å². The Morgan fingerprint density at radius 3 is 2.59 bits per heavy atom. The van der Waals surface area contributed by atoms with Crippen LogP contribution in [0.3, 0.4) is 0 Å². The number of rotatable bonds is 7. The largest absolute Gasteiger partial charge is 0.496 e. The van der Waals surface area contributed by atoms with Crippen LogP contribution in [0.2, 0.25) is 0 Å². The van der Waals surface area contributed by atoms with Crippen LogP contribution in [0, 0.1) is 13.8 Å². The molecule has 2 heterocycles. The molecule has 190 valence electrons. The molecular formula is C28H27N3O5S. The minimum atomic E-state index is -4.22. The highest BCUT2D eigenvalue weighted by Gasteiger charge is 2.63. The van der Waals surface area contributed by atoms with Gasteiger partial charge in [-0.1, -0.05) is 23.8 Å². The minimum absolute atomic E-state index is 0.00236. The molecular weight excluding hydrogens is 490 g/mol. The van der Waals surface area contributed by atoms with Gasteiger partial charge in [-0.3, -0.25) is 14.8 Å². The second kappa shape index (κ2) is 9.15. The lowest BCUT2D eigenvalue weighted by Gasteiger charge is -2.21. The fraction of sp³-hybridized carbons (Fsp3) is 0.250. The molecule has 1 amide bonds. The van der Waals surface area contributed by atoms with Gasteiger partial charge in [0.15, 0.2) is 0 Å². The molecule has 1 aliphatic carbocycles. The van der Waals surface area contributed by atoms with Crippen molar-refractivity contribution in [2.24, 2.45) is 0 Å². The van der Waals surface area contributed by atoms with E-state index in [4.69, 9.17) is 9.47 Å². The Kier molecular flexibility index (Phi) is 6.11. The Balaban J connectivity index is 1.60. The first-order valence-corrected chi connectivity index (χ1v) is 13.3. The number of hydrogen-bond acceptors (Lipinski definition) is 7. The van der Waals surface area contributed by atoms with Gasteiger partial charge in [0.25, 0.3) is 10.0 Å². The van der Waals surface area contributed by atoms with Crippen LogP contribution in [0.1, 0.15) is 34.7 Å². The summed E-state index contributed by atoms with van der Waals surface area (Å²) >= 11 is 0. The molecule has 0 radical (unpaired) electrons. The topological polar surface area (TPSA) is 107 Å². The predicted molar refractivity (Wildman–Crippen MR) is 139 cm³/mol. The number of sulfonamides is 1. The Morgan fingerprint density at radius 1 is 1.03 bits per heavy atom. The van der Waals surface area contributed by atoms with Crippen molar-refractivity contribution < 1.29 is 22.7 Å². The van der Waals surface area contributed by atoms with Gasteiger partial charge in [-0.25, -0.2) is 13.1 Å². The highest BCUT2D eigenvalue weighted by Crippen LogP contribution is 2.62. The Labute approximate surface area is 215 Å². The number of carbonyl (C=O) groups excluding carboxylic acids is 1. The monoisotopic (exact) mass is 517 g/mol. The standard InChI is InChI=1S/C28H27N3O5S/c1-17-8-11-25(36-4)22(12-17)28(14-23(28)19-13-20(35-3)16-29-15-19)27(32)31-37(33,34)26-7-5-6-24-21(26)10-9-18(2)30-24/h5-13,15-16,23H,14H2,1-4H3,(H,31,32). The van der Waals surface area contributed by atoms with E-state index in [-0.39, 0.29) is 10.8 Å². The van der Waals surface area contributed by atoms with Crippen molar-refractivity contribution in [1.29, 1.82) is 0 Å². The van der Waals surface area contributed by atoms with Gasteiger partial charge in [0, 0.05) is 28.8 Å². The maximum absolute atomic E-state index is 14.0. The van der Waals surface area contributed by atoms with E-state index < -0.39 is 21.3 Å². The number of nitrogens with one attached hydrogen (secondary N) is 1. The van der Waals surface area contributed by atoms with Gasteiger partial charge < -0.3 is 9.47 Å². The molecule has 1 aliphatic rings. The summed E-state index contributed by atoms with van der Waals surface area (Å²) in [7, 11) is -1.14. The zero-order valence-electron chi connectivity index (χ0n) is 21.0. The zero-order chi connectivity index (χ0) is 26.4. The van der Waals surface area contributed by atoms with Gasteiger partial charge in [0.2, 0.25) is 5.91 Å². The summed E-state index contributed by atoms with van der Waals surface area (Å²) in [5.74, 6) is 0.126. The second-order valence-electron chi connectivity index (χ2n) is 9.30. The van der Waals surface area contributed by atoms with E-state index in [2.05, 4.69) is 14.7 Å². The Hall–Kier alpha value is -3.98. The number of methoxy groups -OCH3 is 2. The maximum atomic E-state index is 14.0. The third-order valence-electron chi connectivity index (χ3n) is 6.92. The predicted octanol–water partition coefficient (Wildman–Crippen LogP) is 4.19. The molecule has 0 saturated heterocycles. The minimum Gasteiger partial charge on any atom is -0.496 e. The van der Waals surface area contributed by atoms with Crippen LogP contribution < -0.4 is 14.2 Å². The highest BCUT2D eigenvalue weighted by molar-refractivity contribution is 7.90. The van der Waals surface area contributed by atoms with Crippen LogP contribution in [0.15, 0.2) is 71.9 Å². The van der Waals surface area contributed by atoms with E-state index in [1.54, 1.807) is 49.8 Å². The average molecular weight is 518 g/mol. The molecule has 4 aromatic rings. The number of aryl methyl sites for hydroxylation is 2. The molecule has 0 spiro atoms. The molecule has 1 N–H and O–H groups in total. The lowest BCUT2D eigenvalue weighted by atomic mass is 9.88. The quantitative estimate of drug-likeness (QED) is 0.392. The zero-order valence-corrected chi connectivity index (χ0v) is 21.8. The molecule has 5 rings (SSSR count). The third-order valence-corrected chi connectivity index (χ3v) is 8.31. The number of aromatic nitrogens is 2. The number of benzene rings is 2. The highest BCUT2D eigenvalue weighted by atomic mass is 32.2. The SMILES string of the molecule is COc1cncc(C2CC2(C(=O)NS(=O)(=O)c2cccc3nc(C)ccc23)c2cc(C)ccc2OC)c1. The smallest absolute Gasteiger partial charge is 0.264 e. The van der Waals surface area contributed by atoms with Crippen LogP contribution in [-0.2, 0) is 20.2 Å². The summed E-state index contributed by atoms with van der Waals surface area (Å²) < 4.78 is 40.5. The number of ether oxygens (including phenoxy) is 2. The normalized spacial score (nSPS) is 18.9. The van der Waals surface area contributed by atoms with Crippen LogP contribution in [0.4, 0.5) is 0 Å². The number of carbonyl (C=O) groups is 1. The molecule has 0 bridgehead atoms. The summed E-state index contributed by atoms with van der Waals surface area (Å²) in [6.07, 6.45) is 3.65. The lowest BCUT2D eigenvalue weighted by molar-refractivity contribution is -0.122. The number of amides is 1. The van der Waals surface area contributed by atoms with Crippen molar-refractivity contribution >= 4 is 26.8 Å². The van der Waals surface area contributed by atoms with Crippen LogP contribution in [-0.4, -0.2) is 38.5 Å². The van der Waals surface area contributed by atoms with E-state index in [1.807, 2.05) is 32.0 Å². The molecule has 1 saturated carbocycles. The molecule has 2 atom stereocenters. The second-order valence-corrected chi connectivity index (χ2v) is 11.0. The average Bonchev–Trinajstić information content (AvgIpc) is 3.65. The fourth-order valence-corrected chi connectivity index (χ4v) is 6.23. The van der Waals surface area contributed by atoms with Crippen molar-refractivity contribution in [2.75, 3.05) is 14.2 Å². The van der Waals surface area contributed by atoms with Gasteiger partial charge in [0.05, 0.1) is 36.2 Å². The van der Waals surface area contributed by atoms with Crippen LogP contribution >= 0.6 is 0 Å². The van der Waals surface area contributed by atoms with Gasteiger partial charge in [0.1, 0.15) is 11.5 Å². The van der Waals surface area contributed by atoms with E-state index in [1.165, 1.54) is 13.2 Å². The Morgan fingerprint density at radius 2 is 1.84 bits per heavy atom. The number of hydrogen-bond donors (Lipinski definition) is 1. The lowest BCUT2D eigenvalue weighted by Crippen LogP contribution is -2.40. The first kappa shape index (κ1) is 24.7. The van der Waals surface area contributed by atoms with E-state index >= 15 is 0 Å². The van der Waals surface area contributed by atoms with E-state index in [9.17, 15) is 13.2 Å². The maximum Gasteiger partial charge on any atom is 0.264 e. The van der Waals surface area contributed by atoms with E-state index in [0.29, 0.717) is 34.4 Å². The fourth-order valence-electron chi connectivity index (χ4n) is 4.98. The van der Waals surface area contributed by atoms with Crippen LogP contribution in [0.25, 0.3) is 10.9 Å². The van der Waals surface area contributed by atoms with Crippen molar-refractivity contribution in [3.8, 4) is 11.5 Å². The molecule has 2 unspecified atom stereocenters. The van der Waals surface area contributed by atoms with Gasteiger partial charge in [-0.2, -0.15) is 0 Å². The summed E-state index contributed by atoms with van der Waals surface area (Å²) in [6, 6.07) is 15.7. The molecule has 1 fully saturated rings. The number of nitrogens with zero attached hydrogens (tertiary/aromatic N) is 2. The number of fused-ring (bicyclic) bond motifs is 1. The summed E-state index contributed by atoms with van der Waals surface area (Å²) in [5.41, 5.74) is 2.47. The first-order valence-electron chi connectivity index (χ1n) is 11.8.